The number of rotatable bonds is 1. The van der Waals surface area contributed by atoms with Crippen LogP contribution in [0.15, 0.2) is 16.3 Å². The Morgan fingerprint density at radius 2 is 1.94 bits per heavy atom. The fourth-order valence-electron chi connectivity index (χ4n) is 10.6. The van der Waals surface area contributed by atoms with E-state index in [0.717, 1.165) is 48.9 Å². The molecule has 188 valence electrons. The van der Waals surface area contributed by atoms with Gasteiger partial charge < -0.3 is 9.64 Å². The summed E-state index contributed by atoms with van der Waals surface area (Å²) in [5.74, 6) is 4.57. The summed E-state index contributed by atoms with van der Waals surface area (Å²) in [6, 6.07) is 0.831. The van der Waals surface area contributed by atoms with Crippen molar-refractivity contribution >= 4 is 0 Å². The summed E-state index contributed by atoms with van der Waals surface area (Å²) in [6.07, 6.45) is 12.9. The van der Waals surface area contributed by atoms with E-state index in [-0.39, 0.29) is 11.6 Å². The van der Waals surface area contributed by atoms with Crippen LogP contribution in [0.1, 0.15) is 91.9 Å². The molecule has 1 spiro atoms. The molecule has 11 atom stereocenters. The first-order chi connectivity index (χ1) is 16.3. The third-order valence-electron chi connectivity index (χ3n) is 12.2. The molecule has 5 nitrogen and oxygen atoms in total. The molecule has 6 aliphatic rings. The number of azide groups is 1. The van der Waals surface area contributed by atoms with Gasteiger partial charge in [-0.2, -0.15) is 0 Å². The quantitative estimate of drug-likeness (QED) is 0.178. The van der Waals surface area contributed by atoms with E-state index in [4.69, 9.17) is 10.3 Å². The largest absolute Gasteiger partial charge is 0.369 e. The van der Waals surface area contributed by atoms with Crippen LogP contribution in [-0.4, -0.2) is 42.3 Å². The number of fused-ring (bicyclic) bond motifs is 6. The van der Waals surface area contributed by atoms with Crippen molar-refractivity contribution in [2.24, 2.45) is 46.0 Å². The Labute approximate surface area is 206 Å². The third-order valence-corrected chi connectivity index (χ3v) is 12.2. The minimum absolute atomic E-state index is 0.0546. The Morgan fingerprint density at radius 1 is 1.12 bits per heavy atom. The summed E-state index contributed by atoms with van der Waals surface area (Å²) < 4.78 is 7.12. The molecule has 5 fully saturated rings. The molecule has 0 amide bonds. The van der Waals surface area contributed by atoms with Crippen LogP contribution in [-0.2, 0) is 4.74 Å². The number of allylic oxidation sites excluding steroid dienone is 1. The molecule has 6 rings (SSSR count). The zero-order chi connectivity index (χ0) is 23.8. The average Bonchev–Trinajstić information content (AvgIpc) is 3.24. The van der Waals surface area contributed by atoms with Gasteiger partial charge in [-0.1, -0.05) is 37.0 Å². The number of likely N-dealkylation sites (N-methyl/N-ethyl adjacent to an activating group) is 1. The molecule has 0 aromatic carbocycles. The zero-order valence-corrected chi connectivity index (χ0v) is 22.2. The molecular formula is C29H46N4O. The van der Waals surface area contributed by atoms with Crippen molar-refractivity contribution in [2.45, 2.75) is 116 Å². The molecule has 3 saturated carbocycles. The maximum Gasteiger partial charge on any atom is 0.0765 e. The summed E-state index contributed by atoms with van der Waals surface area (Å²) in [7, 11) is 2.34. The molecule has 2 saturated heterocycles. The van der Waals surface area contributed by atoms with E-state index >= 15 is 0 Å². The van der Waals surface area contributed by atoms with Gasteiger partial charge in [-0.25, -0.2) is 0 Å². The van der Waals surface area contributed by atoms with Crippen LogP contribution in [0.5, 0.6) is 0 Å². The molecule has 1 unspecified atom stereocenters. The van der Waals surface area contributed by atoms with Gasteiger partial charge in [0.2, 0.25) is 0 Å². The SMILES string of the molecule is CC1=C2C[C@H]3[C@@H](CC[C@@H]4CC(N=[N+]=[N-])CC[C@@]43C)[C@@H]2CC[C@@]2(C1)O[C@@H]1C[C@H](C)CN(C)[C@H]1[C@H]2C. The van der Waals surface area contributed by atoms with Crippen LogP contribution in [0, 0.1) is 40.9 Å². The molecule has 2 heterocycles. The molecule has 4 aliphatic carbocycles. The van der Waals surface area contributed by atoms with Crippen molar-refractivity contribution in [3.05, 3.63) is 21.6 Å². The Balaban J connectivity index is 1.26. The van der Waals surface area contributed by atoms with E-state index < -0.39 is 0 Å². The highest BCUT2D eigenvalue weighted by Crippen LogP contribution is 2.65. The summed E-state index contributed by atoms with van der Waals surface area (Å²) in [5.41, 5.74) is 13.0. The van der Waals surface area contributed by atoms with Crippen LogP contribution in [0.2, 0.25) is 0 Å². The number of piperidine rings is 1. The average molecular weight is 467 g/mol. The minimum Gasteiger partial charge on any atom is -0.369 e. The number of hydrogen-bond acceptors (Lipinski definition) is 3. The molecule has 0 radical (unpaired) electrons. The Morgan fingerprint density at radius 3 is 2.74 bits per heavy atom. The van der Waals surface area contributed by atoms with Crippen LogP contribution in [0.3, 0.4) is 0 Å². The predicted molar refractivity (Wildman–Crippen MR) is 136 cm³/mol. The molecule has 5 heteroatoms. The normalized spacial score (nSPS) is 52.9. The van der Waals surface area contributed by atoms with Gasteiger partial charge in [-0.15, -0.1) is 0 Å². The van der Waals surface area contributed by atoms with E-state index in [1.165, 1.54) is 51.5 Å². The summed E-state index contributed by atoms with van der Waals surface area (Å²) in [4.78, 5) is 5.77. The molecule has 0 N–H and O–H groups in total. The number of nitrogens with zero attached hydrogens (tertiary/aromatic N) is 4. The first kappa shape index (κ1) is 23.4. The number of likely N-dealkylation sites (tertiary alicyclic amines) is 1. The van der Waals surface area contributed by atoms with Crippen molar-refractivity contribution < 1.29 is 4.74 Å². The Bertz CT molecular complexity index is 910. The van der Waals surface area contributed by atoms with Gasteiger partial charge in [0, 0.05) is 29.5 Å². The van der Waals surface area contributed by atoms with Gasteiger partial charge in [0.1, 0.15) is 0 Å². The smallest absolute Gasteiger partial charge is 0.0765 e. The highest BCUT2D eigenvalue weighted by Gasteiger charge is 2.59. The molecular weight excluding hydrogens is 420 g/mol. The molecule has 34 heavy (non-hydrogen) atoms. The van der Waals surface area contributed by atoms with E-state index in [9.17, 15) is 0 Å². The van der Waals surface area contributed by atoms with Gasteiger partial charge >= 0.3 is 0 Å². The van der Waals surface area contributed by atoms with Crippen molar-refractivity contribution in [2.75, 3.05) is 13.6 Å². The lowest BCUT2D eigenvalue weighted by Crippen LogP contribution is -2.49. The maximum absolute atomic E-state index is 8.97. The van der Waals surface area contributed by atoms with E-state index in [2.05, 4.69) is 49.7 Å². The van der Waals surface area contributed by atoms with Crippen LogP contribution >= 0.6 is 0 Å². The van der Waals surface area contributed by atoms with E-state index in [0.29, 0.717) is 23.5 Å². The topological polar surface area (TPSA) is 61.2 Å². The second-order valence-electron chi connectivity index (χ2n) is 13.8. The standard InChI is InChI=1S/C29H46N4O/c1-17-12-26-27(33(5)16-17)19(3)29(34-26)11-9-22-23-7-6-20-13-21(31-32-30)8-10-28(20,4)25(23)14-24(22)18(2)15-29/h17,19-23,25-27H,6-16H2,1-5H3/t17-,19+,20+,21?,22-,23-,25-,26+,27-,28-,29-/m0/s1. The second kappa shape index (κ2) is 8.25. The lowest BCUT2D eigenvalue weighted by atomic mass is 9.52. The van der Waals surface area contributed by atoms with Crippen molar-refractivity contribution in [1.29, 1.82) is 0 Å². The number of hydrogen-bond donors (Lipinski definition) is 0. The first-order valence-electron chi connectivity index (χ1n) is 14.4. The molecule has 0 aromatic rings. The summed E-state index contributed by atoms with van der Waals surface area (Å²) >= 11 is 0. The second-order valence-corrected chi connectivity index (χ2v) is 13.8. The van der Waals surface area contributed by atoms with Crippen molar-refractivity contribution in [1.82, 2.24) is 4.90 Å². The first-order valence-corrected chi connectivity index (χ1v) is 14.4. The Kier molecular flexibility index (Phi) is 5.67. The molecule has 0 aromatic heterocycles. The Hall–Kier alpha value is -1.03. The molecule has 2 aliphatic heterocycles. The lowest BCUT2D eigenvalue weighted by Gasteiger charge is -2.53. The lowest BCUT2D eigenvalue weighted by molar-refractivity contribution is -0.0796. The fourth-order valence-corrected chi connectivity index (χ4v) is 10.6. The maximum atomic E-state index is 8.97. The van der Waals surface area contributed by atoms with Gasteiger partial charge in [-0.3, -0.25) is 0 Å². The van der Waals surface area contributed by atoms with E-state index in [1.807, 2.05) is 5.57 Å². The van der Waals surface area contributed by atoms with Gasteiger partial charge in [-0.05, 0) is 119 Å². The minimum atomic E-state index is 0.0546. The summed E-state index contributed by atoms with van der Waals surface area (Å²) in [6.45, 7) is 11.2. The van der Waals surface area contributed by atoms with E-state index in [1.54, 1.807) is 5.57 Å². The monoisotopic (exact) mass is 466 g/mol. The molecule has 0 bridgehead atoms. The zero-order valence-electron chi connectivity index (χ0n) is 22.2. The fraction of sp³-hybridized carbons (Fsp3) is 0.931. The highest BCUT2D eigenvalue weighted by molar-refractivity contribution is 5.29. The predicted octanol–water partition coefficient (Wildman–Crippen LogP) is 7.13. The van der Waals surface area contributed by atoms with Gasteiger partial charge in [0.25, 0.3) is 0 Å². The van der Waals surface area contributed by atoms with Crippen molar-refractivity contribution in [3.63, 3.8) is 0 Å². The highest BCUT2D eigenvalue weighted by atomic mass is 16.5. The third kappa shape index (κ3) is 3.36. The number of ether oxygens (including phenoxy) is 1. The van der Waals surface area contributed by atoms with Crippen molar-refractivity contribution in [3.8, 4) is 0 Å². The van der Waals surface area contributed by atoms with Crippen LogP contribution in [0.25, 0.3) is 10.4 Å². The summed E-state index contributed by atoms with van der Waals surface area (Å²) in [5, 5.41) is 4.13. The van der Waals surface area contributed by atoms with Gasteiger partial charge in [0.05, 0.1) is 11.7 Å². The van der Waals surface area contributed by atoms with Gasteiger partial charge in [0.15, 0.2) is 0 Å². The van der Waals surface area contributed by atoms with Crippen LogP contribution < -0.4 is 0 Å². The van der Waals surface area contributed by atoms with Crippen LogP contribution in [0.4, 0.5) is 0 Å².